The largest absolute Gasteiger partial charge is 0.573 e. The Kier molecular flexibility index (Phi) is 4.54. The van der Waals surface area contributed by atoms with Crippen molar-refractivity contribution < 1.29 is 22.6 Å². The first-order valence-electron chi connectivity index (χ1n) is 7.13. The number of nitrogens with one attached hydrogen (secondary N) is 1. The van der Waals surface area contributed by atoms with Crippen molar-refractivity contribution in [1.29, 1.82) is 0 Å². The maximum atomic E-state index is 12.2. The highest BCUT2D eigenvalue weighted by Crippen LogP contribution is 2.40. The number of hydrogen-bond donors (Lipinski definition) is 1. The Hall–Kier alpha value is -0.960. The summed E-state index contributed by atoms with van der Waals surface area (Å²) in [5.74, 6) is -0.203. The van der Waals surface area contributed by atoms with Gasteiger partial charge in [-0.05, 0) is 49.3 Å². The topological polar surface area (TPSA) is 33.7 Å². The van der Waals surface area contributed by atoms with E-state index in [1.807, 2.05) is 0 Å². The van der Waals surface area contributed by atoms with Crippen molar-refractivity contribution in [3.8, 4) is 5.75 Å². The minimum absolute atomic E-state index is 0.203. The van der Waals surface area contributed by atoms with Crippen LogP contribution in [0.4, 0.5) is 13.2 Å². The molecule has 4 nitrogen and oxygen atoms in total. The second-order valence-corrected chi connectivity index (χ2v) is 6.35. The molecular formula is C14H17F3N2O2S. The van der Waals surface area contributed by atoms with Gasteiger partial charge in [0.05, 0.1) is 6.61 Å². The van der Waals surface area contributed by atoms with Crippen molar-refractivity contribution in [3.63, 3.8) is 0 Å². The third-order valence-electron chi connectivity index (χ3n) is 3.78. The zero-order chi connectivity index (χ0) is 15.6. The summed E-state index contributed by atoms with van der Waals surface area (Å²) in [6.45, 7) is 3.32. The Bertz CT molecular complexity index is 504. The molecule has 0 aliphatic carbocycles. The minimum atomic E-state index is -4.66. The number of benzene rings is 1. The van der Waals surface area contributed by atoms with E-state index in [-0.39, 0.29) is 11.5 Å². The number of rotatable bonds is 3. The fourth-order valence-corrected chi connectivity index (χ4v) is 3.84. The highest BCUT2D eigenvalue weighted by Gasteiger charge is 2.43. The highest BCUT2D eigenvalue weighted by atomic mass is 32.2. The van der Waals surface area contributed by atoms with Crippen LogP contribution >= 0.6 is 11.9 Å². The molecular weight excluding hydrogens is 317 g/mol. The van der Waals surface area contributed by atoms with Crippen molar-refractivity contribution in [3.05, 3.63) is 24.3 Å². The molecule has 2 saturated heterocycles. The van der Waals surface area contributed by atoms with Crippen molar-refractivity contribution >= 4 is 11.9 Å². The molecule has 2 fully saturated rings. The first-order chi connectivity index (χ1) is 10.5. The molecule has 0 amide bonds. The second-order valence-electron chi connectivity index (χ2n) is 5.26. The molecule has 2 aliphatic heterocycles. The van der Waals surface area contributed by atoms with E-state index in [9.17, 15) is 13.2 Å². The predicted molar refractivity (Wildman–Crippen MR) is 76.5 cm³/mol. The fourth-order valence-electron chi connectivity index (χ4n) is 2.76. The van der Waals surface area contributed by atoms with Gasteiger partial charge >= 0.3 is 6.36 Å². The van der Waals surface area contributed by atoms with Crippen LogP contribution in [-0.2, 0) is 4.74 Å². The third kappa shape index (κ3) is 3.68. The van der Waals surface area contributed by atoms with Gasteiger partial charge in [0.2, 0.25) is 0 Å². The van der Waals surface area contributed by atoms with E-state index < -0.39 is 6.36 Å². The van der Waals surface area contributed by atoms with Crippen molar-refractivity contribution in [2.24, 2.45) is 0 Å². The van der Waals surface area contributed by atoms with Crippen LogP contribution in [0.3, 0.4) is 0 Å². The summed E-state index contributed by atoms with van der Waals surface area (Å²) >= 11 is 1.53. The number of ether oxygens (including phenoxy) is 2. The van der Waals surface area contributed by atoms with E-state index in [0.717, 1.165) is 37.4 Å². The summed E-state index contributed by atoms with van der Waals surface area (Å²) in [4.78, 5) is 0.873. The molecule has 122 valence electrons. The molecule has 1 spiro atoms. The van der Waals surface area contributed by atoms with Crippen LogP contribution in [0, 0.1) is 0 Å². The predicted octanol–water partition coefficient (Wildman–Crippen LogP) is 3.00. The lowest BCUT2D eigenvalue weighted by molar-refractivity contribution is -0.274. The Morgan fingerprint density at radius 2 is 1.86 bits per heavy atom. The van der Waals surface area contributed by atoms with E-state index in [2.05, 4.69) is 14.4 Å². The average Bonchev–Trinajstić information content (AvgIpc) is 2.83. The van der Waals surface area contributed by atoms with Gasteiger partial charge in [0.1, 0.15) is 11.5 Å². The van der Waals surface area contributed by atoms with E-state index in [1.54, 1.807) is 12.1 Å². The van der Waals surface area contributed by atoms with Crippen molar-refractivity contribution in [2.75, 3.05) is 26.2 Å². The summed E-state index contributed by atoms with van der Waals surface area (Å²) in [7, 11) is 0. The molecule has 0 atom stereocenters. The van der Waals surface area contributed by atoms with Gasteiger partial charge in [-0.3, -0.25) is 0 Å². The smallest absolute Gasteiger partial charge is 0.406 e. The molecule has 1 aromatic carbocycles. The maximum absolute atomic E-state index is 12.2. The number of piperidine rings is 1. The van der Waals surface area contributed by atoms with E-state index in [0.29, 0.717) is 6.61 Å². The van der Waals surface area contributed by atoms with Crippen LogP contribution in [0.15, 0.2) is 29.2 Å². The maximum Gasteiger partial charge on any atom is 0.573 e. The Morgan fingerprint density at radius 3 is 2.50 bits per heavy atom. The summed E-state index contributed by atoms with van der Waals surface area (Å²) in [5, 5.41) is 3.31. The van der Waals surface area contributed by atoms with Gasteiger partial charge in [-0.15, -0.1) is 13.2 Å². The van der Waals surface area contributed by atoms with E-state index in [1.165, 1.54) is 24.1 Å². The lowest BCUT2D eigenvalue weighted by atomic mass is 10.0. The highest BCUT2D eigenvalue weighted by molar-refractivity contribution is 7.97. The quantitative estimate of drug-likeness (QED) is 0.860. The van der Waals surface area contributed by atoms with Gasteiger partial charge in [-0.1, -0.05) is 0 Å². The lowest BCUT2D eigenvalue weighted by Gasteiger charge is -2.39. The van der Waals surface area contributed by atoms with Crippen LogP contribution in [-0.4, -0.2) is 42.6 Å². The van der Waals surface area contributed by atoms with Gasteiger partial charge in [0.15, 0.2) is 0 Å². The van der Waals surface area contributed by atoms with Gasteiger partial charge in [0, 0.05) is 24.3 Å². The standard InChI is InChI=1S/C14H17F3N2O2S/c15-14(16,17)21-11-1-3-12(4-2-11)22-19-9-10-20-13(19)5-7-18-8-6-13/h1-4,18H,5-10H2. The molecule has 1 N–H and O–H groups in total. The van der Waals surface area contributed by atoms with Crippen LogP contribution < -0.4 is 10.1 Å². The van der Waals surface area contributed by atoms with Crippen molar-refractivity contribution in [1.82, 2.24) is 9.62 Å². The van der Waals surface area contributed by atoms with Gasteiger partial charge in [-0.2, -0.15) is 0 Å². The summed E-state index contributed by atoms with van der Waals surface area (Å²) < 4.78 is 48.5. The third-order valence-corrected chi connectivity index (χ3v) is 5.00. The summed E-state index contributed by atoms with van der Waals surface area (Å²) in [6.07, 6.45) is -2.83. The van der Waals surface area contributed by atoms with Gasteiger partial charge in [0.25, 0.3) is 0 Å². The molecule has 0 aromatic heterocycles. The molecule has 2 aliphatic rings. The van der Waals surface area contributed by atoms with Gasteiger partial charge in [-0.25, -0.2) is 4.31 Å². The molecule has 8 heteroatoms. The monoisotopic (exact) mass is 334 g/mol. The summed E-state index contributed by atoms with van der Waals surface area (Å²) in [6, 6.07) is 5.95. The SMILES string of the molecule is FC(F)(F)Oc1ccc(SN2CCOC23CCNCC3)cc1. The molecule has 3 rings (SSSR count). The van der Waals surface area contributed by atoms with Crippen LogP contribution in [0.5, 0.6) is 5.75 Å². The van der Waals surface area contributed by atoms with Crippen molar-refractivity contribution in [2.45, 2.75) is 29.8 Å². The average molecular weight is 334 g/mol. The molecule has 22 heavy (non-hydrogen) atoms. The fraction of sp³-hybridized carbons (Fsp3) is 0.571. The first kappa shape index (κ1) is 15.9. The normalized spacial score (nSPS) is 22.1. The summed E-state index contributed by atoms with van der Waals surface area (Å²) in [5.41, 5.74) is -0.253. The number of alkyl halides is 3. The molecule has 0 saturated carbocycles. The molecule has 1 aromatic rings. The van der Waals surface area contributed by atoms with Crippen LogP contribution in [0.1, 0.15) is 12.8 Å². The molecule has 0 bridgehead atoms. The van der Waals surface area contributed by atoms with Crippen LogP contribution in [0.25, 0.3) is 0 Å². The Balaban J connectivity index is 1.65. The zero-order valence-electron chi connectivity index (χ0n) is 11.9. The molecule has 0 unspecified atom stereocenters. The van der Waals surface area contributed by atoms with Crippen LogP contribution in [0.2, 0.25) is 0 Å². The Labute approximate surface area is 131 Å². The lowest BCUT2D eigenvalue weighted by Crippen LogP contribution is -2.49. The van der Waals surface area contributed by atoms with E-state index >= 15 is 0 Å². The first-order valence-corrected chi connectivity index (χ1v) is 7.90. The zero-order valence-corrected chi connectivity index (χ0v) is 12.7. The Morgan fingerprint density at radius 1 is 1.18 bits per heavy atom. The molecule has 0 radical (unpaired) electrons. The number of halogens is 3. The minimum Gasteiger partial charge on any atom is -0.406 e. The number of hydrogen-bond acceptors (Lipinski definition) is 5. The second kappa shape index (κ2) is 6.27. The molecule has 2 heterocycles. The van der Waals surface area contributed by atoms with E-state index in [4.69, 9.17) is 4.74 Å². The van der Waals surface area contributed by atoms with Gasteiger partial charge < -0.3 is 14.8 Å². The number of nitrogens with zero attached hydrogens (tertiary/aromatic N) is 1.